The molecule has 1 aromatic rings. The van der Waals surface area contributed by atoms with Gasteiger partial charge >= 0.3 is 5.97 Å². The Hall–Kier alpha value is -1.03. The van der Waals surface area contributed by atoms with Gasteiger partial charge in [-0.25, -0.2) is 22.9 Å². The molecule has 1 aliphatic rings. The maximum Gasteiger partial charge on any atom is 0.358 e. The molecule has 1 aromatic heterocycles. The number of methoxy groups -OCH3 is 1. The molecule has 0 radical (unpaired) electrons. The highest BCUT2D eigenvalue weighted by molar-refractivity contribution is 7.91. The van der Waals surface area contributed by atoms with E-state index >= 15 is 0 Å². The third-order valence-corrected chi connectivity index (χ3v) is 5.91. The lowest BCUT2D eigenvalue weighted by Gasteiger charge is -2.22. The summed E-state index contributed by atoms with van der Waals surface area (Å²) in [5.74, 6) is -0.473. The van der Waals surface area contributed by atoms with Gasteiger partial charge < -0.3 is 10.1 Å². The SMILES string of the molecule is COC(=O)c1ncsc1S(=O)(=O)NC[C@@H]1CCCNC1. The number of carbonyl (C=O) groups is 1. The Balaban J connectivity index is 2.06. The summed E-state index contributed by atoms with van der Waals surface area (Å²) in [7, 11) is -2.53. The van der Waals surface area contributed by atoms with Gasteiger partial charge in [0.2, 0.25) is 0 Å². The number of hydrogen-bond donors (Lipinski definition) is 2. The highest BCUT2D eigenvalue weighted by Gasteiger charge is 2.27. The van der Waals surface area contributed by atoms with E-state index in [0.29, 0.717) is 6.54 Å². The van der Waals surface area contributed by atoms with Crippen molar-refractivity contribution < 1.29 is 17.9 Å². The van der Waals surface area contributed by atoms with E-state index in [1.165, 1.54) is 12.6 Å². The number of sulfonamides is 1. The molecular weight excluding hydrogens is 302 g/mol. The van der Waals surface area contributed by atoms with Crippen molar-refractivity contribution in [1.82, 2.24) is 15.0 Å². The fourth-order valence-electron chi connectivity index (χ4n) is 2.05. The van der Waals surface area contributed by atoms with Gasteiger partial charge in [0.1, 0.15) is 0 Å². The average molecular weight is 319 g/mol. The number of nitrogens with zero attached hydrogens (tertiary/aromatic N) is 1. The van der Waals surface area contributed by atoms with Crippen LogP contribution in [-0.2, 0) is 14.8 Å². The summed E-state index contributed by atoms with van der Waals surface area (Å²) in [6, 6.07) is 0. The topological polar surface area (TPSA) is 97.4 Å². The van der Waals surface area contributed by atoms with Gasteiger partial charge in [0.15, 0.2) is 9.90 Å². The van der Waals surface area contributed by atoms with Crippen molar-refractivity contribution in [3.05, 3.63) is 11.2 Å². The number of thiazole rings is 1. The van der Waals surface area contributed by atoms with Crippen molar-refractivity contribution >= 4 is 27.3 Å². The van der Waals surface area contributed by atoms with Gasteiger partial charge in [-0.2, -0.15) is 0 Å². The monoisotopic (exact) mass is 319 g/mol. The van der Waals surface area contributed by atoms with Crippen LogP contribution >= 0.6 is 11.3 Å². The molecule has 20 heavy (non-hydrogen) atoms. The summed E-state index contributed by atoms with van der Waals surface area (Å²) >= 11 is 0.909. The lowest BCUT2D eigenvalue weighted by Crippen LogP contribution is -2.38. The summed E-state index contributed by atoms with van der Waals surface area (Å²) in [5, 5.41) is 3.23. The average Bonchev–Trinajstić information content (AvgIpc) is 2.96. The highest BCUT2D eigenvalue weighted by atomic mass is 32.2. The van der Waals surface area contributed by atoms with Crippen molar-refractivity contribution in [1.29, 1.82) is 0 Å². The van der Waals surface area contributed by atoms with Gasteiger partial charge in [-0.3, -0.25) is 0 Å². The number of hydrogen-bond acceptors (Lipinski definition) is 7. The molecule has 7 nitrogen and oxygen atoms in total. The van der Waals surface area contributed by atoms with Crippen LogP contribution in [0.1, 0.15) is 23.3 Å². The highest BCUT2D eigenvalue weighted by Crippen LogP contribution is 2.21. The van der Waals surface area contributed by atoms with Crippen LogP contribution in [-0.4, -0.2) is 46.1 Å². The van der Waals surface area contributed by atoms with Crippen LogP contribution in [0.3, 0.4) is 0 Å². The lowest BCUT2D eigenvalue weighted by molar-refractivity contribution is 0.0590. The molecule has 0 bridgehead atoms. The molecule has 2 N–H and O–H groups in total. The van der Waals surface area contributed by atoms with Crippen molar-refractivity contribution in [3.63, 3.8) is 0 Å². The van der Waals surface area contributed by atoms with E-state index in [-0.39, 0.29) is 15.8 Å². The second kappa shape index (κ2) is 6.61. The maximum absolute atomic E-state index is 12.2. The van der Waals surface area contributed by atoms with Crippen molar-refractivity contribution in [2.24, 2.45) is 5.92 Å². The molecule has 1 fully saturated rings. The quantitative estimate of drug-likeness (QED) is 0.753. The fraction of sp³-hybridized carbons (Fsp3) is 0.636. The zero-order valence-electron chi connectivity index (χ0n) is 11.1. The van der Waals surface area contributed by atoms with Gasteiger partial charge in [0.25, 0.3) is 10.0 Å². The number of ether oxygens (including phenoxy) is 1. The van der Waals surface area contributed by atoms with Gasteiger partial charge in [-0.15, -0.1) is 11.3 Å². The number of carbonyl (C=O) groups excluding carboxylic acids is 1. The molecule has 1 atom stereocenters. The number of aromatic nitrogens is 1. The van der Waals surface area contributed by atoms with Crippen LogP contribution in [0.25, 0.3) is 0 Å². The van der Waals surface area contributed by atoms with Crippen LogP contribution in [0.15, 0.2) is 9.72 Å². The van der Waals surface area contributed by atoms with Gasteiger partial charge in [0, 0.05) is 6.54 Å². The first-order valence-corrected chi connectivity index (χ1v) is 8.63. The van der Waals surface area contributed by atoms with Crippen molar-refractivity contribution in [3.8, 4) is 0 Å². The Morgan fingerprint density at radius 3 is 3.10 bits per heavy atom. The number of piperidine rings is 1. The van der Waals surface area contributed by atoms with E-state index in [1.807, 2.05) is 0 Å². The maximum atomic E-state index is 12.2. The van der Waals surface area contributed by atoms with E-state index in [1.54, 1.807) is 0 Å². The zero-order chi connectivity index (χ0) is 14.6. The molecule has 1 saturated heterocycles. The second-order valence-electron chi connectivity index (χ2n) is 4.54. The largest absolute Gasteiger partial charge is 0.464 e. The number of rotatable bonds is 5. The summed E-state index contributed by atoms with van der Waals surface area (Å²) in [5.41, 5.74) is 1.16. The van der Waals surface area contributed by atoms with E-state index in [2.05, 4.69) is 19.8 Å². The van der Waals surface area contributed by atoms with Crippen LogP contribution in [0.4, 0.5) is 0 Å². The third-order valence-electron chi connectivity index (χ3n) is 3.12. The minimum Gasteiger partial charge on any atom is -0.464 e. The Kier molecular flexibility index (Phi) is 5.08. The zero-order valence-corrected chi connectivity index (χ0v) is 12.7. The van der Waals surface area contributed by atoms with Crippen LogP contribution in [0.2, 0.25) is 0 Å². The minimum absolute atomic E-state index is 0.0897. The number of esters is 1. The minimum atomic E-state index is -3.72. The molecule has 2 rings (SSSR count). The molecule has 1 aliphatic heterocycles. The van der Waals surface area contributed by atoms with Crippen LogP contribution < -0.4 is 10.0 Å². The molecule has 0 aromatic carbocycles. The second-order valence-corrected chi connectivity index (χ2v) is 7.36. The standard InChI is InChI=1S/C11H17N3O4S2/c1-18-10(15)9-11(19-7-13-9)20(16,17)14-6-8-3-2-4-12-5-8/h7-8,12,14H,2-6H2,1H3/t8-/m1/s1. The van der Waals surface area contributed by atoms with Gasteiger partial charge in [0.05, 0.1) is 12.6 Å². The molecule has 2 heterocycles. The molecule has 112 valence electrons. The van der Waals surface area contributed by atoms with Crippen LogP contribution in [0.5, 0.6) is 0 Å². The third kappa shape index (κ3) is 3.54. The fourth-order valence-corrected chi connectivity index (χ4v) is 4.34. The van der Waals surface area contributed by atoms with Crippen molar-refractivity contribution in [2.45, 2.75) is 17.1 Å². The van der Waals surface area contributed by atoms with Gasteiger partial charge in [-0.05, 0) is 31.8 Å². The predicted molar refractivity (Wildman–Crippen MR) is 74.2 cm³/mol. The Labute approximate surface area is 121 Å². The smallest absolute Gasteiger partial charge is 0.358 e. The summed E-state index contributed by atoms with van der Waals surface area (Å²) in [4.78, 5) is 15.2. The molecule has 0 spiro atoms. The van der Waals surface area contributed by atoms with E-state index in [4.69, 9.17) is 0 Å². The molecule has 0 unspecified atom stereocenters. The summed E-state index contributed by atoms with van der Waals surface area (Å²) in [6.45, 7) is 2.13. The van der Waals surface area contributed by atoms with E-state index in [9.17, 15) is 13.2 Å². The predicted octanol–water partition coefficient (Wildman–Crippen LogP) is 0.208. The first-order chi connectivity index (χ1) is 9.54. The molecule has 0 amide bonds. The molecular formula is C11H17N3O4S2. The summed E-state index contributed by atoms with van der Waals surface area (Å²) in [6.07, 6.45) is 2.03. The van der Waals surface area contributed by atoms with Gasteiger partial charge in [-0.1, -0.05) is 0 Å². The molecule has 9 heteroatoms. The first-order valence-electron chi connectivity index (χ1n) is 6.27. The Morgan fingerprint density at radius 1 is 1.65 bits per heavy atom. The first kappa shape index (κ1) is 15.4. The van der Waals surface area contributed by atoms with E-state index < -0.39 is 16.0 Å². The molecule has 0 aliphatic carbocycles. The van der Waals surface area contributed by atoms with E-state index in [0.717, 1.165) is 37.3 Å². The van der Waals surface area contributed by atoms with Crippen molar-refractivity contribution in [2.75, 3.05) is 26.7 Å². The summed E-state index contributed by atoms with van der Waals surface area (Å²) < 4.78 is 31.4. The normalized spacial score (nSPS) is 19.8. The number of nitrogens with one attached hydrogen (secondary N) is 2. The molecule has 0 saturated carbocycles. The Bertz CT molecular complexity index is 564. The Morgan fingerprint density at radius 2 is 2.45 bits per heavy atom. The van der Waals surface area contributed by atoms with Crippen LogP contribution in [0, 0.1) is 5.92 Å². The lowest BCUT2D eigenvalue weighted by atomic mass is 10.0.